The first-order valence-electron chi connectivity index (χ1n) is 8.44. The topological polar surface area (TPSA) is 78.9 Å². The Morgan fingerprint density at radius 3 is 2.40 bits per heavy atom. The second-order valence-corrected chi connectivity index (χ2v) is 7.86. The number of carbonyl (C=O) groups is 1. The van der Waals surface area contributed by atoms with Crippen LogP contribution in [0.25, 0.3) is 5.69 Å². The van der Waals surface area contributed by atoms with E-state index in [-0.39, 0.29) is 11.0 Å². The van der Waals surface area contributed by atoms with Gasteiger partial charge in [0.25, 0.3) is 0 Å². The number of carboxylic acid groups (broad SMARTS) is 1. The summed E-state index contributed by atoms with van der Waals surface area (Å²) in [5.74, 6) is -0.614. The Morgan fingerprint density at radius 1 is 1.32 bits per heavy atom. The zero-order valence-electron chi connectivity index (χ0n) is 15.5. The molecule has 0 aliphatic rings. The SMILES string of the molecule is Cc1c(C(=O)O)c(CC(C)CC(C)(C)C)nn1-c1ccc(C#N)cc1. The maximum absolute atomic E-state index is 11.8. The van der Waals surface area contributed by atoms with Gasteiger partial charge in [-0.25, -0.2) is 9.48 Å². The van der Waals surface area contributed by atoms with E-state index in [0.29, 0.717) is 29.3 Å². The van der Waals surface area contributed by atoms with Crippen molar-refractivity contribution in [2.24, 2.45) is 11.3 Å². The van der Waals surface area contributed by atoms with E-state index < -0.39 is 5.97 Å². The van der Waals surface area contributed by atoms with Crippen LogP contribution in [0, 0.1) is 29.6 Å². The molecule has 0 aliphatic heterocycles. The Bertz CT molecular complexity index is 805. The van der Waals surface area contributed by atoms with Crippen molar-refractivity contribution in [3.63, 3.8) is 0 Å². The average molecular weight is 339 g/mol. The van der Waals surface area contributed by atoms with Crippen LogP contribution in [-0.2, 0) is 6.42 Å². The molecule has 2 aromatic rings. The van der Waals surface area contributed by atoms with Gasteiger partial charge in [0.1, 0.15) is 5.56 Å². The fraction of sp³-hybridized carbons (Fsp3) is 0.450. The molecule has 0 spiro atoms. The Hall–Kier alpha value is -2.61. The van der Waals surface area contributed by atoms with Gasteiger partial charge in [-0.15, -0.1) is 0 Å². The molecular formula is C20H25N3O2. The van der Waals surface area contributed by atoms with E-state index >= 15 is 0 Å². The summed E-state index contributed by atoms with van der Waals surface area (Å²) in [6.45, 7) is 10.5. The number of hydrogen-bond donors (Lipinski definition) is 1. The van der Waals surface area contributed by atoms with Gasteiger partial charge in [-0.05, 0) is 55.4 Å². The molecular weight excluding hydrogens is 314 g/mol. The molecule has 0 amide bonds. The Kier molecular flexibility index (Phi) is 5.32. The first-order chi connectivity index (χ1) is 11.6. The number of rotatable bonds is 5. The van der Waals surface area contributed by atoms with E-state index in [1.54, 1.807) is 35.9 Å². The number of benzene rings is 1. The third-order valence-electron chi connectivity index (χ3n) is 4.15. The molecule has 0 radical (unpaired) electrons. The minimum absolute atomic E-state index is 0.188. The predicted molar refractivity (Wildman–Crippen MR) is 96.9 cm³/mol. The molecule has 1 atom stereocenters. The molecule has 1 aromatic carbocycles. The van der Waals surface area contributed by atoms with Crippen LogP contribution < -0.4 is 0 Å². The summed E-state index contributed by atoms with van der Waals surface area (Å²) in [7, 11) is 0. The van der Waals surface area contributed by atoms with E-state index in [2.05, 4.69) is 38.9 Å². The van der Waals surface area contributed by atoms with Crippen LogP contribution >= 0.6 is 0 Å². The molecule has 1 N–H and O–H groups in total. The molecule has 0 fully saturated rings. The summed E-state index contributed by atoms with van der Waals surface area (Å²) < 4.78 is 1.66. The summed E-state index contributed by atoms with van der Waals surface area (Å²) in [6, 6.07) is 9.06. The van der Waals surface area contributed by atoms with Crippen LogP contribution in [-0.4, -0.2) is 20.9 Å². The molecule has 25 heavy (non-hydrogen) atoms. The zero-order chi connectivity index (χ0) is 18.8. The highest BCUT2D eigenvalue weighted by Crippen LogP contribution is 2.28. The van der Waals surface area contributed by atoms with Crippen molar-refractivity contribution in [3.8, 4) is 11.8 Å². The fourth-order valence-electron chi connectivity index (χ4n) is 3.36. The molecule has 132 valence electrons. The summed E-state index contributed by atoms with van der Waals surface area (Å²) in [6.07, 6.45) is 1.62. The van der Waals surface area contributed by atoms with E-state index in [1.807, 2.05) is 0 Å². The van der Waals surface area contributed by atoms with Gasteiger partial charge in [-0.2, -0.15) is 10.4 Å². The second-order valence-electron chi connectivity index (χ2n) is 7.86. The van der Waals surface area contributed by atoms with Crippen LogP contribution in [0.2, 0.25) is 0 Å². The predicted octanol–water partition coefficient (Wildman–Crippen LogP) is 4.37. The van der Waals surface area contributed by atoms with Gasteiger partial charge in [-0.3, -0.25) is 0 Å². The van der Waals surface area contributed by atoms with Crippen LogP contribution in [0.3, 0.4) is 0 Å². The first kappa shape index (κ1) is 18.7. The van der Waals surface area contributed by atoms with Gasteiger partial charge in [0, 0.05) is 0 Å². The van der Waals surface area contributed by atoms with Crippen molar-refractivity contribution >= 4 is 5.97 Å². The van der Waals surface area contributed by atoms with Crippen molar-refractivity contribution in [1.82, 2.24) is 9.78 Å². The number of aromatic carboxylic acids is 1. The second kappa shape index (κ2) is 7.10. The third-order valence-corrected chi connectivity index (χ3v) is 4.15. The van der Waals surface area contributed by atoms with E-state index in [9.17, 15) is 9.90 Å². The van der Waals surface area contributed by atoms with Gasteiger partial charge in [-0.1, -0.05) is 27.7 Å². The van der Waals surface area contributed by atoms with Crippen molar-refractivity contribution in [2.45, 2.75) is 47.5 Å². The zero-order valence-corrected chi connectivity index (χ0v) is 15.5. The van der Waals surface area contributed by atoms with E-state index in [4.69, 9.17) is 5.26 Å². The number of hydrogen-bond acceptors (Lipinski definition) is 3. The molecule has 0 bridgehead atoms. The van der Waals surface area contributed by atoms with Gasteiger partial charge in [0.05, 0.1) is 28.7 Å². The van der Waals surface area contributed by atoms with Gasteiger partial charge in [0.2, 0.25) is 0 Å². The minimum atomic E-state index is -0.949. The van der Waals surface area contributed by atoms with Crippen LogP contribution in [0.1, 0.15) is 61.4 Å². The maximum atomic E-state index is 11.8. The van der Waals surface area contributed by atoms with Crippen LogP contribution in [0.4, 0.5) is 0 Å². The molecule has 2 rings (SSSR count). The minimum Gasteiger partial charge on any atom is -0.478 e. The normalized spacial score (nSPS) is 12.6. The first-order valence-corrected chi connectivity index (χ1v) is 8.44. The molecule has 5 nitrogen and oxygen atoms in total. The third kappa shape index (κ3) is 4.48. The van der Waals surface area contributed by atoms with Gasteiger partial charge in [0.15, 0.2) is 0 Å². The summed E-state index contributed by atoms with van der Waals surface area (Å²) in [4.78, 5) is 11.8. The molecule has 5 heteroatoms. The average Bonchev–Trinajstić information content (AvgIpc) is 2.81. The van der Waals surface area contributed by atoms with Crippen LogP contribution in [0.15, 0.2) is 24.3 Å². The van der Waals surface area contributed by atoms with Crippen molar-refractivity contribution in [3.05, 3.63) is 46.8 Å². The summed E-state index contributed by atoms with van der Waals surface area (Å²) >= 11 is 0. The maximum Gasteiger partial charge on any atom is 0.339 e. The smallest absolute Gasteiger partial charge is 0.339 e. The molecule has 0 saturated carbocycles. The van der Waals surface area contributed by atoms with Gasteiger partial charge < -0.3 is 5.11 Å². The van der Waals surface area contributed by atoms with Crippen molar-refractivity contribution in [1.29, 1.82) is 5.26 Å². The van der Waals surface area contributed by atoms with Crippen LogP contribution in [0.5, 0.6) is 0 Å². The monoisotopic (exact) mass is 339 g/mol. The highest BCUT2D eigenvalue weighted by atomic mass is 16.4. The lowest BCUT2D eigenvalue weighted by atomic mass is 9.83. The molecule has 0 aliphatic carbocycles. The van der Waals surface area contributed by atoms with E-state index in [1.165, 1.54) is 0 Å². The number of nitrogens with zero attached hydrogens (tertiary/aromatic N) is 3. The fourth-order valence-corrected chi connectivity index (χ4v) is 3.36. The summed E-state index contributed by atoms with van der Waals surface area (Å²) in [5.41, 5.74) is 3.01. The van der Waals surface area contributed by atoms with E-state index in [0.717, 1.165) is 12.1 Å². The number of carboxylic acids is 1. The number of nitriles is 1. The highest BCUT2D eigenvalue weighted by molar-refractivity contribution is 5.90. The molecule has 1 unspecified atom stereocenters. The standard InChI is InChI=1S/C20H25N3O2/c1-13(11-20(3,4)5)10-17-18(19(24)25)14(2)23(22-17)16-8-6-15(12-21)7-9-16/h6-9,13H,10-11H2,1-5H3,(H,24,25). The molecule has 1 aromatic heterocycles. The lowest BCUT2D eigenvalue weighted by molar-refractivity contribution is 0.0694. The largest absolute Gasteiger partial charge is 0.478 e. The van der Waals surface area contributed by atoms with Crippen molar-refractivity contribution in [2.75, 3.05) is 0 Å². The Morgan fingerprint density at radius 2 is 1.92 bits per heavy atom. The molecule has 0 saturated heterocycles. The Labute approximate surface area is 148 Å². The van der Waals surface area contributed by atoms with Gasteiger partial charge >= 0.3 is 5.97 Å². The lowest BCUT2D eigenvalue weighted by Crippen LogP contribution is -2.14. The highest BCUT2D eigenvalue weighted by Gasteiger charge is 2.24. The lowest BCUT2D eigenvalue weighted by Gasteiger charge is -2.22. The number of aromatic nitrogens is 2. The Balaban J connectivity index is 2.40. The summed E-state index contributed by atoms with van der Waals surface area (Å²) in [5, 5.41) is 23.1. The molecule has 1 heterocycles. The quantitative estimate of drug-likeness (QED) is 0.877. The van der Waals surface area contributed by atoms with Crippen molar-refractivity contribution < 1.29 is 9.90 Å².